The molecule has 1 aliphatic rings. The van der Waals surface area contributed by atoms with Gasteiger partial charge in [0.2, 0.25) is 0 Å². The van der Waals surface area contributed by atoms with Gasteiger partial charge < -0.3 is 10.5 Å². The highest BCUT2D eigenvalue weighted by atomic mass is 16.5. The Hall–Kier alpha value is -1.35. The highest BCUT2D eigenvalue weighted by Gasteiger charge is 2.22. The van der Waals surface area contributed by atoms with E-state index in [9.17, 15) is 4.79 Å². The first-order valence-electron chi connectivity index (χ1n) is 6.78. The largest absolute Gasteiger partial charge is 0.461 e. The van der Waals surface area contributed by atoms with Crippen LogP contribution in [0.1, 0.15) is 50.1 Å². The van der Waals surface area contributed by atoms with Crippen LogP contribution in [0.25, 0.3) is 0 Å². The van der Waals surface area contributed by atoms with Crippen LogP contribution in [0.3, 0.4) is 0 Å². The summed E-state index contributed by atoms with van der Waals surface area (Å²) in [4.78, 5) is 12.0. The molecule has 1 aliphatic carbocycles. The van der Waals surface area contributed by atoms with Gasteiger partial charge in [0.15, 0.2) is 0 Å². The van der Waals surface area contributed by atoms with Crippen LogP contribution in [0.5, 0.6) is 0 Å². The monoisotopic (exact) mass is 247 g/mol. The van der Waals surface area contributed by atoms with Gasteiger partial charge >= 0.3 is 5.97 Å². The number of ether oxygens (including phenoxy) is 1. The van der Waals surface area contributed by atoms with Gasteiger partial charge in [-0.15, -0.1) is 0 Å². The Labute approximate surface area is 108 Å². The minimum absolute atomic E-state index is 0.0646. The summed E-state index contributed by atoms with van der Waals surface area (Å²) < 4.78 is 5.52. The van der Waals surface area contributed by atoms with Gasteiger partial charge in [0.05, 0.1) is 0 Å². The van der Waals surface area contributed by atoms with E-state index in [1.807, 2.05) is 30.3 Å². The zero-order chi connectivity index (χ0) is 12.8. The van der Waals surface area contributed by atoms with E-state index in [4.69, 9.17) is 10.5 Å². The van der Waals surface area contributed by atoms with E-state index in [-0.39, 0.29) is 12.1 Å². The van der Waals surface area contributed by atoms with Crippen molar-refractivity contribution in [2.45, 2.75) is 50.7 Å². The molecule has 0 aliphatic heterocycles. The van der Waals surface area contributed by atoms with E-state index in [0.29, 0.717) is 0 Å². The molecule has 3 heteroatoms. The molecular weight excluding hydrogens is 226 g/mol. The molecule has 1 fully saturated rings. The predicted octanol–water partition coefficient (Wildman–Crippen LogP) is 2.95. The van der Waals surface area contributed by atoms with E-state index in [0.717, 1.165) is 31.2 Å². The number of carbonyl (C=O) groups is 1. The van der Waals surface area contributed by atoms with E-state index in [1.54, 1.807) is 0 Å². The van der Waals surface area contributed by atoms with Gasteiger partial charge in [-0.25, -0.2) is 4.79 Å². The number of rotatable bonds is 3. The molecule has 0 saturated heterocycles. The Morgan fingerprint density at radius 3 is 2.33 bits per heavy atom. The number of hydrogen-bond acceptors (Lipinski definition) is 3. The van der Waals surface area contributed by atoms with Gasteiger partial charge in [0.1, 0.15) is 12.1 Å². The molecule has 0 aromatic heterocycles. The molecule has 3 nitrogen and oxygen atoms in total. The van der Waals surface area contributed by atoms with E-state index in [1.165, 1.54) is 12.8 Å². The first kappa shape index (κ1) is 13.1. The lowest BCUT2D eigenvalue weighted by Crippen LogP contribution is -2.28. The molecule has 18 heavy (non-hydrogen) atoms. The quantitative estimate of drug-likeness (QED) is 0.660. The van der Waals surface area contributed by atoms with Gasteiger partial charge in [0.25, 0.3) is 0 Å². The Morgan fingerprint density at radius 1 is 1.11 bits per heavy atom. The molecule has 2 N–H and O–H groups in total. The number of benzene rings is 1. The van der Waals surface area contributed by atoms with Crippen LogP contribution in [0.15, 0.2) is 30.3 Å². The predicted molar refractivity (Wildman–Crippen MR) is 71.0 cm³/mol. The fourth-order valence-corrected chi connectivity index (χ4v) is 2.39. The van der Waals surface area contributed by atoms with Crippen molar-refractivity contribution in [2.24, 2.45) is 5.73 Å². The van der Waals surface area contributed by atoms with Gasteiger partial charge in [-0.3, -0.25) is 0 Å². The first-order valence-corrected chi connectivity index (χ1v) is 6.78. The second kappa shape index (κ2) is 6.55. The second-order valence-corrected chi connectivity index (χ2v) is 4.94. The molecule has 0 heterocycles. The van der Waals surface area contributed by atoms with Crippen LogP contribution in [-0.2, 0) is 9.53 Å². The standard InChI is InChI=1S/C15H21NO2/c16-14(12-8-4-3-5-9-12)15(17)18-13-10-6-1-2-7-11-13/h3-5,8-9,13-14H,1-2,6-7,10-11,16H2/t14-/m1/s1. The third-order valence-electron chi connectivity index (χ3n) is 3.50. The Morgan fingerprint density at radius 2 is 1.72 bits per heavy atom. The van der Waals surface area contributed by atoms with E-state index < -0.39 is 6.04 Å². The summed E-state index contributed by atoms with van der Waals surface area (Å²) in [5.41, 5.74) is 6.74. The fraction of sp³-hybridized carbons (Fsp3) is 0.533. The van der Waals surface area contributed by atoms with Crippen molar-refractivity contribution in [1.82, 2.24) is 0 Å². The minimum Gasteiger partial charge on any atom is -0.461 e. The average molecular weight is 247 g/mol. The van der Waals surface area contributed by atoms with Crippen LogP contribution >= 0.6 is 0 Å². The second-order valence-electron chi connectivity index (χ2n) is 4.94. The number of nitrogens with two attached hydrogens (primary N) is 1. The molecule has 2 rings (SSSR count). The first-order chi connectivity index (χ1) is 8.77. The summed E-state index contributed by atoms with van der Waals surface area (Å²) in [6, 6.07) is 8.74. The third kappa shape index (κ3) is 3.57. The van der Waals surface area contributed by atoms with E-state index >= 15 is 0 Å². The van der Waals surface area contributed by atoms with Crippen molar-refractivity contribution in [3.63, 3.8) is 0 Å². The molecule has 0 spiro atoms. The highest BCUT2D eigenvalue weighted by molar-refractivity contribution is 5.77. The van der Waals surface area contributed by atoms with Crippen molar-refractivity contribution in [3.05, 3.63) is 35.9 Å². The van der Waals surface area contributed by atoms with Crippen molar-refractivity contribution < 1.29 is 9.53 Å². The van der Waals surface area contributed by atoms with Crippen molar-refractivity contribution >= 4 is 5.97 Å². The molecule has 0 amide bonds. The summed E-state index contributed by atoms with van der Waals surface area (Å²) in [5, 5.41) is 0. The topological polar surface area (TPSA) is 52.3 Å². The Kier molecular flexibility index (Phi) is 4.76. The summed E-state index contributed by atoms with van der Waals surface area (Å²) in [7, 11) is 0. The Balaban J connectivity index is 1.90. The van der Waals surface area contributed by atoms with Crippen LogP contribution in [0.2, 0.25) is 0 Å². The molecule has 1 saturated carbocycles. The number of esters is 1. The van der Waals surface area contributed by atoms with Crippen LogP contribution < -0.4 is 5.73 Å². The summed E-state index contributed by atoms with van der Waals surface area (Å²) in [6.45, 7) is 0. The maximum atomic E-state index is 12.0. The van der Waals surface area contributed by atoms with Gasteiger partial charge in [-0.2, -0.15) is 0 Å². The molecule has 1 atom stereocenters. The SMILES string of the molecule is N[C@@H](C(=O)OC1CCCCCC1)c1ccccc1. The smallest absolute Gasteiger partial charge is 0.327 e. The van der Waals surface area contributed by atoms with Gasteiger partial charge in [-0.1, -0.05) is 43.2 Å². The average Bonchev–Trinajstić information content (AvgIpc) is 2.67. The summed E-state index contributed by atoms with van der Waals surface area (Å²) in [6.07, 6.45) is 6.82. The zero-order valence-electron chi connectivity index (χ0n) is 10.7. The van der Waals surface area contributed by atoms with Crippen LogP contribution in [0.4, 0.5) is 0 Å². The lowest BCUT2D eigenvalue weighted by molar-refractivity contribution is -0.151. The molecule has 0 radical (unpaired) electrons. The maximum Gasteiger partial charge on any atom is 0.327 e. The molecule has 1 aromatic carbocycles. The third-order valence-corrected chi connectivity index (χ3v) is 3.50. The molecule has 1 aromatic rings. The summed E-state index contributed by atoms with van der Waals surface area (Å²) >= 11 is 0. The number of carbonyl (C=O) groups excluding carboxylic acids is 1. The number of hydrogen-bond donors (Lipinski definition) is 1. The molecule has 0 bridgehead atoms. The molecular formula is C15H21NO2. The maximum absolute atomic E-state index is 12.0. The lowest BCUT2D eigenvalue weighted by atomic mass is 10.1. The van der Waals surface area contributed by atoms with E-state index in [2.05, 4.69) is 0 Å². The molecule has 0 unspecified atom stereocenters. The lowest BCUT2D eigenvalue weighted by Gasteiger charge is -2.18. The van der Waals surface area contributed by atoms with Crippen molar-refractivity contribution in [2.75, 3.05) is 0 Å². The molecule has 98 valence electrons. The van der Waals surface area contributed by atoms with Crippen LogP contribution in [-0.4, -0.2) is 12.1 Å². The van der Waals surface area contributed by atoms with Crippen molar-refractivity contribution in [3.8, 4) is 0 Å². The summed E-state index contributed by atoms with van der Waals surface area (Å²) in [5.74, 6) is -0.298. The van der Waals surface area contributed by atoms with Gasteiger partial charge in [0, 0.05) is 0 Å². The van der Waals surface area contributed by atoms with Gasteiger partial charge in [-0.05, 0) is 31.2 Å². The Bertz CT molecular complexity index is 369. The normalized spacial score (nSPS) is 18.9. The fourth-order valence-electron chi connectivity index (χ4n) is 2.39. The minimum atomic E-state index is -0.658. The highest BCUT2D eigenvalue weighted by Crippen LogP contribution is 2.21. The van der Waals surface area contributed by atoms with Crippen LogP contribution in [0, 0.1) is 0 Å². The van der Waals surface area contributed by atoms with Crippen molar-refractivity contribution in [1.29, 1.82) is 0 Å². The zero-order valence-corrected chi connectivity index (χ0v) is 10.7.